The van der Waals surface area contributed by atoms with Crippen molar-refractivity contribution >= 4 is 9.84 Å². The van der Waals surface area contributed by atoms with E-state index in [0.29, 0.717) is 11.6 Å². The smallest absolute Gasteiger partial charge is 0.216 e. The van der Waals surface area contributed by atoms with Gasteiger partial charge in [0.15, 0.2) is 14.9 Å². The van der Waals surface area contributed by atoms with E-state index in [9.17, 15) is 8.42 Å². The van der Waals surface area contributed by atoms with Crippen LogP contribution in [0.2, 0.25) is 0 Å². The third-order valence-electron chi connectivity index (χ3n) is 4.09. The third kappa shape index (κ3) is 4.74. The van der Waals surface area contributed by atoms with Crippen LogP contribution in [0.5, 0.6) is 17.2 Å². The van der Waals surface area contributed by atoms with Gasteiger partial charge in [0.1, 0.15) is 23.4 Å². The summed E-state index contributed by atoms with van der Waals surface area (Å²) in [6, 6.07) is 20.0. The summed E-state index contributed by atoms with van der Waals surface area (Å²) in [5, 5.41) is -0.00912. The maximum absolute atomic E-state index is 11.5. The Balaban J connectivity index is 1.40. The second-order valence-corrected chi connectivity index (χ2v) is 8.32. The molecule has 2 heterocycles. The highest BCUT2D eigenvalue weighted by Gasteiger charge is 2.20. The van der Waals surface area contributed by atoms with Crippen LogP contribution < -0.4 is 15.0 Å². The van der Waals surface area contributed by atoms with Gasteiger partial charge >= 0.3 is 0 Å². The number of hydrogen-bond donors (Lipinski definition) is 1. The number of nitrogens with one attached hydrogen (secondary N) is 1. The van der Waals surface area contributed by atoms with Gasteiger partial charge in [-0.15, -0.1) is 0 Å². The number of ether oxygens (including phenoxy) is 2. The molecule has 1 N–H and O–H groups in total. The normalized spacial score (nSPS) is 16.0. The Bertz CT molecular complexity index is 1110. The van der Waals surface area contributed by atoms with E-state index in [2.05, 4.69) is 10.5 Å². The monoisotopic (exact) mass is 410 g/mol. The van der Waals surface area contributed by atoms with Crippen LogP contribution in [0.25, 0.3) is 0 Å². The van der Waals surface area contributed by atoms with Crippen molar-refractivity contribution in [2.45, 2.75) is 11.1 Å². The van der Waals surface area contributed by atoms with Gasteiger partial charge in [0.05, 0.1) is 6.20 Å². The molecule has 148 valence electrons. The summed E-state index contributed by atoms with van der Waals surface area (Å²) in [4.78, 5) is 9.43. The fraction of sp³-hybridized carbons (Fsp3) is 0.0952. The summed E-state index contributed by atoms with van der Waals surface area (Å²) in [6.07, 6.45) is 3.89. The molecular weight excluding hydrogens is 392 g/mol. The van der Waals surface area contributed by atoms with Crippen LogP contribution in [0.3, 0.4) is 0 Å². The maximum Gasteiger partial charge on any atom is 0.216 e. The molecule has 4 rings (SSSR count). The Morgan fingerprint density at radius 3 is 2.24 bits per heavy atom. The Kier molecular flexibility index (Phi) is 5.20. The van der Waals surface area contributed by atoms with Gasteiger partial charge in [-0.2, -0.15) is 0 Å². The van der Waals surface area contributed by atoms with E-state index in [4.69, 9.17) is 14.3 Å². The van der Waals surface area contributed by atoms with Crippen LogP contribution in [-0.2, 0) is 14.7 Å². The van der Waals surface area contributed by atoms with Crippen molar-refractivity contribution in [1.29, 1.82) is 0 Å². The molecule has 0 unspecified atom stereocenters. The molecule has 0 bridgehead atoms. The molecule has 1 atom stereocenters. The number of sulfone groups is 1. The first kappa shape index (κ1) is 19.0. The van der Waals surface area contributed by atoms with Crippen molar-refractivity contribution in [3.05, 3.63) is 90.4 Å². The number of nitrogens with zero attached hydrogens (tertiary/aromatic N) is 1. The van der Waals surface area contributed by atoms with Gasteiger partial charge in [-0.25, -0.2) is 18.9 Å². The zero-order chi connectivity index (χ0) is 20.3. The maximum atomic E-state index is 11.5. The topological polar surface area (TPSA) is 86.8 Å². The Morgan fingerprint density at radius 1 is 0.897 bits per heavy atom. The second kappa shape index (κ2) is 7.94. The van der Waals surface area contributed by atoms with Crippen LogP contribution in [0.4, 0.5) is 0 Å². The van der Waals surface area contributed by atoms with Gasteiger partial charge in [0.2, 0.25) is 5.88 Å². The first-order chi connectivity index (χ1) is 14.0. The van der Waals surface area contributed by atoms with Crippen molar-refractivity contribution in [2.24, 2.45) is 0 Å². The number of hydroxylamine groups is 1. The van der Waals surface area contributed by atoms with Crippen molar-refractivity contribution in [3.63, 3.8) is 0 Å². The lowest BCUT2D eigenvalue weighted by Gasteiger charge is -2.09. The van der Waals surface area contributed by atoms with Crippen LogP contribution in [0.15, 0.2) is 89.9 Å². The predicted molar refractivity (Wildman–Crippen MR) is 106 cm³/mol. The second-order valence-electron chi connectivity index (χ2n) is 6.36. The van der Waals surface area contributed by atoms with Gasteiger partial charge in [0, 0.05) is 12.3 Å². The molecule has 2 aromatic carbocycles. The molecule has 29 heavy (non-hydrogen) atoms. The van der Waals surface area contributed by atoms with Gasteiger partial charge in [-0.05, 0) is 42.0 Å². The van der Waals surface area contributed by atoms with Gasteiger partial charge < -0.3 is 9.47 Å². The summed E-state index contributed by atoms with van der Waals surface area (Å²) < 4.78 is 34.3. The average molecular weight is 410 g/mol. The van der Waals surface area contributed by atoms with Gasteiger partial charge in [-0.1, -0.05) is 30.3 Å². The molecule has 1 aliphatic rings. The molecule has 0 aliphatic carbocycles. The summed E-state index contributed by atoms with van der Waals surface area (Å²) in [7, 11) is -3.35. The van der Waals surface area contributed by atoms with Gasteiger partial charge in [-0.3, -0.25) is 4.84 Å². The van der Waals surface area contributed by atoms with E-state index in [-0.39, 0.29) is 11.1 Å². The molecule has 8 heteroatoms. The van der Waals surface area contributed by atoms with Crippen molar-refractivity contribution in [1.82, 2.24) is 10.5 Å². The van der Waals surface area contributed by atoms with E-state index < -0.39 is 9.84 Å². The van der Waals surface area contributed by atoms with Crippen molar-refractivity contribution in [3.8, 4) is 17.2 Å². The SMILES string of the molecule is CS(=O)(=O)c1ccc(OC2=C[C@@H](c3ccc(Oc4ccccc4)cc3)ON2)cn1. The largest absolute Gasteiger partial charge is 0.457 e. The molecule has 1 aliphatic heterocycles. The van der Waals surface area contributed by atoms with Crippen molar-refractivity contribution < 1.29 is 22.7 Å². The summed E-state index contributed by atoms with van der Waals surface area (Å²) >= 11 is 0. The number of para-hydroxylation sites is 1. The molecule has 0 amide bonds. The van der Waals surface area contributed by atoms with Crippen LogP contribution in [0, 0.1) is 0 Å². The zero-order valence-electron chi connectivity index (χ0n) is 15.5. The van der Waals surface area contributed by atoms with E-state index in [1.807, 2.05) is 54.6 Å². The standard InChI is InChI=1S/C21H18N2O5S/c1-29(24,25)21-12-11-18(14-22-21)27-20-13-19(28-23-20)15-7-9-17(10-8-15)26-16-5-3-2-4-6-16/h2-14,19,23H,1H3/t19-/m0/s1. The zero-order valence-corrected chi connectivity index (χ0v) is 16.3. The van der Waals surface area contributed by atoms with Gasteiger partial charge in [0.25, 0.3) is 0 Å². The van der Waals surface area contributed by atoms with Crippen LogP contribution in [0.1, 0.15) is 11.7 Å². The molecule has 7 nitrogen and oxygen atoms in total. The lowest BCUT2D eigenvalue weighted by atomic mass is 10.1. The van der Waals surface area contributed by atoms with E-state index in [1.165, 1.54) is 18.3 Å². The lowest BCUT2D eigenvalue weighted by molar-refractivity contribution is 0.0273. The molecule has 1 aromatic heterocycles. The number of benzene rings is 2. The molecular formula is C21H18N2O5S. The highest BCUT2D eigenvalue weighted by Crippen LogP contribution is 2.28. The minimum absolute atomic E-state index is 0.00912. The summed E-state index contributed by atoms with van der Waals surface area (Å²) in [5.74, 6) is 2.29. The molecule has 0 saturated carbocycles. The first-order valence-electron chi connectivity index (χ1n) is 8.78. The predicted octanol–water partition coefficient (Wildman–Crippen LogP) is 3.77. The van der Waals surface area contributed by atoms with E-state index in [0.717, 1.165) is 23.3 Å². The van der Waals surface area contributed by atoms with Crippen LogP contribution >= 0.6 is 0 Å². The van der Waals surface area contributed by atoms with E-state index in [1.54, 1.807) is 6.08 Å². The van der Waals surface area contributed by atoms with E-state index >= 15 is 0 Å². The number of aromatic nitrogens is 1. The average Bonchev–Trinajstić information content (AvgIpc) is 3.17. The minimum Gasteiger partial charge on any atom is -0.457 e. The highest BCUT2D eigenvalue weighted by atomic mass is 32.2. The lowest BCUT2D eigenvalue weighted by Crippen LogP contribution is -2.12. The summed E-state index contributed by atoms with van der Waals surface area (Å²) in [6.45, 7) is 0. The molecule has 3 aromatic rings. The fourth-order valence-electron chi connectivity index (χ4n) is 2.67. The molecule has 0 fully saturated rings. The first-order valence-corrected chi connectivity index (χ1v) is 10.7. The minimum atomic E-state index is -3.35. The van der Waals surface area contributed by atoms with Crippen molar-refractivity contribution in [2.75, 3.05) is 6.26 Å². The molecule has 0 radical (unpaired) electrons. The molecule has 0 spiro atoms. The fourth-order valence-corrected chi connectivity index (χ4v) is 3.23. The Morgan fingerprint density at radius 2 is 1.59 bits per heavy atom. The highest BCUT2D eigenvalue weighted by molar-refractivity contribution is 7.90. The quantitative estimate of drug-likeness (QED) is 0.662. The number of rotatable bonds is 6. The number of hydrogen-bond acceptors (Lipinski definition) is 7. The van der Waals surface area contributed by atoms with Crippen LogP contribution in [-0.4, -0.2) is 19.7 Å². The summed E-state index contributed by atoms with van der Waals surface area (Å²) in [5.41, 5.74) is 3.63. The third-order valence-corrected chi connectivity index (χ3v) is 5.09. The Hall–Kier alpha value is -3.36. The number of pyridine rings is 1. The molecule has 0 saturated heterocycles. The Labute approximate surface area is 168 Å².